The fourth-order valence-electron chi connectivity index (χ4n) is 1.19. The highest BCUT2D eigenvalue weighted by molar-refractivity contribution is 5.79. The SMILES string of the molecule is CCOC(=O)C(C)(C#N)Cc1nonc1C. The van der Waals surface area contributed by atoms with Crippen molar-refractivity contribution >= 4 is 5.97 Å². The summed E-state index contributed by atoms with van der Waals surface area (Å²) < 4.78 is 9.36. The van der Waals surface area contributed by atoms with E-state index in [4.69, 9.17) is 10.00 Å². The second-order valence-corrected chi connectivity index (χ2v) is 3.64. The number of esters is 1. The highest BCUT2D eigenvalue weighted by atomic mass is 16.6. The van der Waals surface area contributed by atoms with Gasteiger partial charge in [-0.15, -0.1) is 0 Å². The Bertz CT molecular complexity index is 421. The summed E-state index contributed by atoms with van der Waals surface area (Å²) in [5, 5.41) is 16.3. The van der Waals surface area contributed by atoms with Gasteiger partial charge >= 0.3 is 5.97 Å². The van der Waals surface area contributed by atoms with E-state index in [1.165, 1.54) is 6.92 Å². The zero-order chi connectivity index (χ0) is 12.2. The van der Waals surface area contributed by atoms with Crippen molar-refractivity contribution in [1.29, 1.82) is 5.26 Å². The molecular formula is C10H13N3O3. The molecule has 6 nitrogen and oxygen atoms in total. The number of ether oxygens (including phenoxy) is 1. The van der Waals surface area contributed by atoms with E-state index in [0.717, 1.165) is 0 Å². The predicted molar refractivity (Wildman–Crippen MR) is 53.1 cm³/mol. The van der Waals surface area contributed by atoms with Crippen LogP contribution in [0.25, 0.3) is 0 Å². The van der Waals surface area contributed by atoms with Gasteiger partial charge in [0.05, 0.1) is 12.7 Å². The standard InChI is InChI=1S/C10H13N3O3/c1-4-15-9(14)10(3,6-11)5-8-7(2)12-16-13-8/h4-5H2,1-3H3. The number of nitriles is 1. The summed E-state index contributed by atoms with van der Waals surface area (Å²) in [6.07, 6.45) is 0.137. The van der Waals surface area contributed by atoms with Crippen LogP contribution < -0.4 is 0 Å². The average Bonchev–Trinajstić information content (AvgIpc) is 2.64. The number of carbonyl (C=O) groups excluding carboxylic acids is 1. The summed E-state index contributed by atoms with van der Waals surface area (Å²) in [6.45, 7) is 5.15. The number of nitrogens with zero attached hydrogens (tertiary/aromatic N) is 3. The van der Waals surface area contributed by atoms with E-state index in [1.54, 1.807) is 13.8 Å². The summed E-state index contributed by atoms with van der Waals surface area (Å²) in [6, 6.07) is 1.94. The lowest BCUT2D eigenvalue weighted by Gasteiger charge is -2.17. The monoisotopic (exact) mass is 223 g/mol. The van der Waals surface area contributed by atoms with Gasteiger partial charge in [-0.05, 0) is 20.8 Å². The molecule has 0 spiro atoms. The van der Waals surface area contributed by atoms with Crippen molar-refractivity contribution in [3.05, 3.63) is 11.4 Å². The van der Waals surface area contributed by atoms with Gasteiger partial charge < -0.3 is 4.74 Å². The van der Waals surface area contributed by atoms with Crippen molar-refractivity contribution < 1.29 is 14.2 Å². The fourth-order valence-corrected chi connectivity index (χ4v) is 1.19. The molecule has 0 saturated carbocycles. The summed E-state index contributed by atoms with van der Waals surface area (Å²) >= 11 is 0. The van der Waals surface area contributed by atoms with Crippen LogP contribution in [0.15, 0.2) is 4.63 Å². The Morgan fingerprint density at radius 1 is 1.62 bits per heavy atom. The molecule has 0 aliphatic carbocycles. The minimum absolute atomic E-state index is 0.137. The molecule has 1 unspecified atom stereocenters. The van der Waals surface area contributed by atoms with Crippen molar-refractivity contribution in [1.82, 2.24) is 10.3 Å². The molecule has 1 aromatic heterocycles. The largest absolute Gasteiger partial charge is 0.465 e. The first-order valence-electron chi connectivity index (χ1n) is 4.90. The average molecular weight is 223 g/mol. The van der Waals surface area contributed by atoms with Gasteiger partial charge in [-0.1, -0.05) is 10.3 Å². The first kappa shape index (κ1) is 12.2. The first-order valence-corrected chi connectivity index (χ1v) is 4.90. The van der Waals surface area contributed by atoms with Crippen LogP contribution in [0.3, 0.4) is 0 Å². The number of aromatic nitrogens is 2. The summed E-state index contributed by atoms with van der Waals surface area (Å²) in [7, 11) is 0. The van der Waals surface area contributed by atoms with E-state index >= 15 is 0 Å². The van der Waals surface area contributed by atoms with Gasteiger partial charge in [-0.2, -0.15) is 5.26 Å². The smallest absolute Gasteiger partial charge is 0.326 e. The van der Waals surface area contributed by atoms with E-state index in [2.05, 4.69) is 14.9 Å². The third kappa shape index (κ3) is 2.37. The van der Waals surface area contributed by atoms with Crippen molar-refractivity contribution in [2.24, 2.45) is 5.41 Å². The molecule has 1 rings (SSSR count). The molecule has 0 fully saturated rings. The van der Waals surface area contributed by atoms with E-state index in [0.29, 0.717) is 11.4 Å². The van der Waals surface area contributed by atoms with Gasteiger partial charge in [0.2, 0.25) is 0 Å². The van der Waals surface area contributed by atoms with E-state index in [1.807, 2.05) is 6.07 Å². The summed E-state index contributed by atoms with van der Waals surface area (Å²) in [5.74, 6) is -0.556. The lowest BCUT2D eigenvalue weighted by molar-refractivity contribution is -0.151. The van der Waals surface area contributed by atoms with E-state index < -0.39 is 11.4 Å². The van der Waals surface area contributed by atoms with Crippen LogP contribution >= 0.6 is 0 Å². The Labute approximate surface area is 93.2 Å². The Hall–Kier alpha value is -1.90. The maximum atomic E-state index is 11.6. The number of aryl methyl sites for hydroxylation is 1. The lowest BCUT2D eigenvalue weighted by atomic mass is 9.87. The molecule has 1 aromatic rings. The molecule has 86 valence electrons. The van der Waals surface area contributed by atoms with Crippen molar-refractivity contribution in [2.45, 2.75) is 27.2 Å². The predicted octanol–water partition coefficient (Wildman–Crippen LogP) is 1.01. The number of rotatable bonds is 4. The topological polar surface area (TPSA) is 89.0 Å². The molecular weight excluding hydrogens is 210 g/mol. The highest BCUT2D eigenvalue weighted by Crippen LogP contribution is 2.23. The van der Waals surface area contributed by atoms with Crippen LogP contribution in [-0.2, 0) is 16.0 Å². The Morgan fingerprint density at radius 2 is 2.31 bits per heavy atom. The van der Waals surface area contributed by atoms with Gasteiger partial charge in [0.15, 0.2) is 5.41 Å². The minimum Gasteiger partial charge on any atom is -0.465 e. The minimum atomic E-state index is -1.25. The van der Waals surface area contributed by atoms with Gasteiger partial charge in [0.1, 0.15) is 11.4 Å². The van der Waals surface area contributed by atoms with Crippen molar-refractivity contribution in [2.75, 3.05) is 6.61 Å². The third-order valence-corrected chi connectivity index (χ3v) is 2.24. The normalized spacial score (nSPS) is 13.9. The highest BCUT2D eigenvalue weighted by Gasteiger charge is 2.37. The maximum Gasteiger partial charge on any atom is 0.326 e. The van der Waals surface area contributed by atoms with Crippen LogP contribution in [-0.4, -0.2) is 22.9 Å². The molecule has 0 radical (unpaired) electrons. The van der Waals surface area contributed by atoms with Crippen molar-refractivity contribution in [3.63, 3.8) is 0 Å². The third-order valence-electron chi connectivity index (χ3n) is 2.24. The lowest BCUT2D eigenvalue weighted by Crippen LogP contribution is -2.31. The van der Waals surface area contributed by atoms with Gasteiger partial charge in [-0.25, -0.2) is 4.63 Å². The molecule has 0 aliphatic rings. The second kappa shape index (κ2) is 4.75. The summed E-state index contributed by atoms with van der Waals surface area (Å²) in [4.78, 5) is 11.6. The molecule has 1 atom stereocenters. The number of hydrogen-bond donors (Lipinski definition) is 0. The Kier molecular flexibility index (Phi) is 3.61. The van der Waals surface area contributed by atoms with E-state index in [9.17, 15) is 4.79 Å². The molecule has 6 heteroatoms. The molecule has 0 bridgehead atoms. The van der Waals surface area contributed by atoms with Crippen LogP contribution in [0, 0.1) is 23.7 Å². The van der Waals surface area contributed by atoms with Crippen molar-refractivity contribution in [3.8, 4) is 6.07 Å². The molecule has 16 heavy (non-hydrogen) atoms. The van der Waals surface area contributed by atoms with Gasteiger partial charge in [-0.3, -0.25) is 4.79 Å². The zero-order valence-electron chi connectivity index (χ0n) is 9.48. The Morgan fingerprint density at radius 3 is 2.75 bits per heavy atom. The zero-order valence-corrected chi connectivity index (χ0v) is 9.48. The molecule has 0 aliphatic heterocycles. The fraction of sp³-hybridized carbons (Fsp3) is 0.600. The Balaban J connectivity index is 2.87. The second-order valence-electron chi connectivity index (χ2n) is 3.64. The molecule has 0 aromatic carbocycles. The maximum absolute atomic E-state index is 11.6. The van der Waals surface area contributed by atoms with Gasteiger partial charge in [0.25, 0.3) is 0 Å². The first-order chi connectivity index (χ1) is 7.53. The quantitative estimate of drug-likeness (QED) is 0.708. The molecule has 1 heterocycles. The number of hydrogen-bond acceptors (Lipinski definition) is 6. The van der Waals surface area contributed by atoms with Crippen LogP contribution in [0.1, 0.15) is 25.2 Å². The van der Waals surface area contributed by atoms with E-state index in [-0.39, 0.29) is 13.0 Å². The number of carbonyl (C=O) groups is 1. The van der Waals surface area contributed by atoms with Gasteiger partial charge in [0, 0.05) is 6.42 Å². The van der Waals surface area contributed by atoms with Crippen LogP contribution in [0.4, 0.5) is 0 Å². The molecule has 0 N–H and O–H groups in total. The van der Waals surface area contributed by atoms with Crippen LogP contribution in [0.5, 0.6) is 0 Å². The summed E-state index contributed by atoms with van der Waals surface area (Å²) in [5.41, 5.74) is -0.179. The molecule has 0 saturated heterocycles. The molecule has 0 amide bonds. The van der Waals surface area contributed by atoms with Crippen LogP contribution in [0.2, 0.25) is 0 Å².